The van der Waals surface area contributed by atoms with Gasteiger partial charge >= 0.3 is 17.9 Å². The quantitative estimate of drug-likeness (QED) is 0.316. The van der Waals surface area contributed by atoms with Crippen molar-refractivity contribution in [1.82, 2.24) is 0 Å². The van der Waals surface area contributed by atoms with Gasteiger partial charge in [0.15, 0.2) is 0 Å². The van der Waals surface area contributed by atoms with Crippen molar-refractivity contribution in [2.75, 3.05) is 7.11 Å². The third-order valence-corrected chi connectivity index (χ3v) is 10.6. The first-order chi connectivity index (χ1) is 19.9. The van der Waals surface area contributed by atoms with E-state index in [1.165, 1.54) is 7.11 Å². The van der Waals surface area contributed by atoms with Gasteiger partial charge in [0, 0.05) is 28.6 Å². The number of benzene rings is 1. The van der Waals surface area contributed by atoms with E-state index in [9.17, 15) is 14.4 Å². The number of furan rings is 1. The average Bonchev–Trinajstić information content (AvgIpc) is 3.72. The number of carbonyl (C=O) groups excluding carboxylic acids is 3. The average molecular weight is 575 g/mol. The van der Waals surface area contributed by atoms with Crippen LogP contribution in [-0.2, 0) is 28.5 Å². The molecule has 8 heteroatoms. The first-order valence-corrected chi connectivity index (χ1v) is 14.5. The lowest BCUT2D eigenvalue weighted by Gasteiger charge is -2.53. The van der Waals surface area contributed by atoms with Crippen molar-refractivity contribution in [1.29, 1.82) is 0 Å². The molecule has 1 saturated carbocycles. The SMILES string of the molecule is C=C1C2=CCC(c3ccoc3)C2(C)C(OC(=O)c2ccccc2)C2OC(CC(=O)OC)C(C)(C3CC(=O)OC3(C)C)C12. The molecule has 8 atom stereocenters. The molecule has 2 aromatic rings. The zero-order valence-electron chi connectivity index (χ0n) is 24.8. The van der Waals surface area contributed by atoms with Crippen LogP contribution in [-0.4, -0.2) is 48.9 Å². The maximum absolute atomic E-state index is 13.7. The van der Waals surface area contributed by atoms with Gasteiger partial charge in [0.05, 0.1) is 44.1 Å². The fourth-order valence-electron chi connectivity index (χ4n) is 8.65. The minimum Gasteiger partial charge on any atom is -0.472 e. The lowest BCUT2D eigenvalue weighted by Crippen LogP contribution is -2.57. The minimum atomic E-state index is -0.806. The molecule has 3 heterocycles. The highest BCUT2D eigenvalue weighted by atomic mass is 16.6. The van der Waals surface area contributed by atoms with Crippen molar-refractivity contribution in [3.05, 3.63) is 83.9 Å². The third-order valence-electron chi connectivity index (χ3n) is 10.6. The Morgan fingerprint density at radius 2 is 1.83 bits per heavy atom. The molecule has 2 saturated heterocycles. The third kappa shape index (κ3) is 4.09. The molecule has 2 aliphatic heterocycles. The van der Waals surface area contributed by atoms with Gasteiger partial charge < -0.3 is 23.4 Å². The molecule has 1 aromatic carbocycles. The smallest absolute Gasteiger partial charge is 0.338 e. The maximum atomic E-state index is 13.7. The Morgan fingerprint density at radius 1 is 1.10 bits per heavy atom. The van der Waals surface area contributed by atoms with Crippen LogP contribution in [0, 0.1) is 22.7 Å². The van der Waals surface area contributed by atoms with Gasteiger partial charge in [-0.25, -0.2) is 4.79 Å². The number of cyclic esters (lactones) is 1. The van der Waals surface area contributed by atoms with Crippen LogP contribution >= 0.6 is 0 Å². The number of hydrogen-bond acceptors (Lipinski definition) is 8. The molecule has 8 nitrogen and oxygen atoms in total. The maximum Gasteiger partial charge on any atom is 0.338 e. The summed E-state index contributed by atoms with van der Waals surface area (Å²) in [6.07, 6.45) is 4.46. The highest BCUT2D eigenvalue weighted by Gasteiger charge is 2.71. The van der Waals surface area contributed by atoms with Gasteiger partial charge in [0.1, 0.15) is 17.8 Å². The molecule has 0 spiro atoms. The molecule has 2 aliphatic carbocycles. The Balaban J connectivity index is 1.50. The van der Waals surface area contributed by atoms with Gasteiger partial charge in [0.2, 0.25) is 0 Å². The molecule has 4 aliphatic rings. The van der Waals surface area contributed by atoms with E-state index in [1.807, 2.05) is 26.0 Å². The van der Waals surface area contributed by atoms with Crippen LogP contribution in [0.15, 0.2) is 77.1 Å². The number of hydrogen-bond donors (Lipinski definition) is 0. The van der Waals surface area contributed by atoms with Crippen LogP contribution in [0.2, 0.25) is 0 Å². The van der Waals surface area contributed by atoms with Crippen LogP contribution in [0.25, 0.3) is 0 Å². The fraction of sp³-hybridized carbons (Fsp3) is 0.500. The molecule has 8 unspecified atom stereocenters. The van der Waals surface area contributed by atoms with E-state index < -0.39 is 46.7 Å². The van der Waals surface area contributed by atoms with Crippen LogP contribution in [0.5, 0.6) is 0 Å². The number of ether oxygens (including phenoxy) is 4. The Morgan fingerprint density at radius 3 is 2.45 bits per heavy atom. The standard InChI is InChI=1S/C34H38O8/c1-19-22-12-13-23(21-14-15-39-18-21)33(22,4)30(41-31(37)20-10-8-7-9-11-20)29-28(19)34(5,25(40-29)17-26(35)38-6)24-16-27(36)42-32(24,2)3/h7-12,14-15,18,23-25,28-30H,1,13,16-17H2,2-6H3. The molecular formula is C34H38O8. The second kappa shape index (κ2) is 9.97. The van der Waals surface area contributed by atoms with E-state index >= 15 is 0 Å². The lowest BCUT2D eigenvalue weighted by molar-refractivity contribution is -0.152. The van der Waals surface area contributed by atoms with Gasteiger partial charge in [0.25, 0.3) is 0 Å². The largest absolute Gasteiger partial charge is 0.472 e. The monoisotopic (exact) mass is 574 g/mol. The number of fused-ring (bicyclic) bond motifs is 2. The molecular weight excluding hydrogens is 536 g/mol. The molecule has 0 N–H and O–H groups in total. The van der Waals surface area contributed by atoms with Gasteiger partial charge in [-0.05, 0) is 55.2 Å². The summed E-state index contributed by atoms with van der Waals surface area (Å²) in [4.78, 5) is 39.2. The van der Waals surface area contributed by atoms with E-state index in [-0.39, 0.29) is 36.6 Å². The van der Waals surface area contributed by atoms with Gasteiger partial charge in [-0.15, -0.1) is 0 Å². The van der Waals surface area contributed by atoms with Crippen LogP contribution in [0.4, 0.5) is 0 Å². The second-order valence-electron chi connectivity index (χ2n) is 13.0. The van der Waals surface area contributed by atoms with Gasteiger partial charge in [-0.3, -0.25) is 9.59 Å². The highest BCUT2D eigenvalue weighted by molar-refractivity contribution is 5.89. The molecule has 0 amide bonds. The summed E-state index contributed by atoms with van der Waals surface area (Å²) in [5, 5.41) is 0. The number of esters is 3. The Labute approximate surface area is 246 Å². The summed E-state index contributed by atoms with van der Waals surface area (Å²) in [5.41, 5.74) is 1.07. The van der Waals surface area contributed by atoms with Gasteiger partial charge in [-0.2, -0.15) is 0 Å². The van der Waals surface area contributed by atoms with Crippen LogP contribution in [0.1, 0.15) is 68.8 Å². The number of carbonyl (C=O) groups is 3. The summed E-state index contributed by atoms with van der Waals surface area (Å²) in [6, 6.07) is 10.9. The van der Waals surface area contributed by atoms with Crippen LogP contribution in [0.3, 0.4) is 0 Å². The van der Waals surface area contributed by atoms with Crippen LogP contribution < -0.4 is 0 Å². The van der Waals surface area contributed by atoms with E-state index in [1.54, 1.807) is 36.8 Å². The second-order valence-corrected chi connectivity index (χ2v) is 13.0. The lowest BCUT2D eigenvalue weighted by atomic mass is 9.51. The highest BCUT2D eigenvalue weighted by Crippen LogP contribution is 2.68. The zero-order valence-corrected chi connectivity index (χ0v) is 24.8. The van der Waals surface area contributed by atoms with E-state index in [2.05, 4.69) is 26.5 Å². The van der Waals surface area contributed by atoms with E-state index in [0.717, 1.165) is 16.7 Å². The zero-order chi connectivity index (χ0) is 30.0. The summed E-state index contributed by atoms with van der Waals surface area (Å²) in [6.45, 7) is 12.6. The first-order valence-electron chi connectivity index (χ1n) is 14.5. The fourth-order valence-corrected chi connectivity index (χ4v) is 8.65. The van der Waals surface area contributed by atoms with Crippen molar-refractivity contribution in [3.63, 3.8) is 0 Å². The number of allylic oxidation sites excluding steroid dienone is 1. The predicted molar refractivity (Wildman–Crippen MR) is 152 cm³/mol. The molecule has 0 radical (unpaired) electrons. The predicted octanol–water partition coefficient (Wildman–Crippen LogP) is 5.79. The Hall–Kier alpha value is -3.65. The topological polar surface area (TPSA) is 101 Å². The number of methoxy groups -OCH3 is 1. The molecule has 42 heavy (non-hydrogen) atoms. The normalized spacial score (nSPS) is 36.5. The van der Waals surface area contributed by atoms with E-state index in [0.29, 0.717) is 12.0 Å². The van der Waals surface area contributed by atoms with Crippen molar-refractivity contribution < 1.29 is 37.7 Å². The Kier molecular flexibility index (Phi) is 6.76. The summed E-state index contributed by atoms with van der Waals surface area (Å²) in [5.74, 6) is -1.86. The molecule has 3 fully saturated rings. The minimum absolute atomic E-state index is 0.0195. The summed E-state index contributed by atoms with van der Waals surface area (Å²) in [7, 11) is 1.35. The summed E-state index contributed by atoms with van der Waals surface area (Å²) >= 11 is 0. The molecule has 1 aromatic heterocycles. The molecule has 0 bridgehead atoms. The number of rotatable bonds is 6. The molecule has 6 rings (SSSR count). The van der Waals surface area contributed by atoms with Crippen molar-refractivity contribution >= 4 is 17.9 Å². The van der Waals surface area contributed by atoms with Crippen molar-refractivity contribution in [2.45, 2.75) is 76.8 Å². The van der Waals surface area contributed by atoms with E-state index in [4.69, 9.17) is 23.4 Å². The molecule has 222 valence electrons. The van der Waals surface area contributed by atoms with Gasteiger partial charge in [-0.1, -0.05) is 44.7 Å². The summed E-state index contributed by atoms with van der Waals surface area (Å²) < 4.78 is 29.8. The van der Waals surface area contributed by atoms with Crippen molar-refractivity contribution in [2.24, 2.45) is 22.7 Å². The first kappa shape index (κ1) is 28.5. The Bertz CT molecular complexity index is 1440. The van der Waals surface area contributed by atoms with Crippen molar-refractivity contribution in [3.8, 4) is 0 Å².